The molecular formula is C32H43N3O8S. The average Bonchev–Trinajstić information content (AvgIpc) is 3.24. The van der Waals surface area contributed by atoms with E-state index in [0.29, 0.717) is 53.4 Å². The molecule has 240 valence electrons. The van der Waals surface area contributed by atoms with Crippen LogP contribution in [-0.4, -0.2) is 70.3 Å². The molecule has 0 spiro atoms. The number of aryl methyl sites for hydroxylation is 1. The van der Waals surface area contributed by atoms with E-state index in [1.807, 2.05) is 26.2 Å². The molecule has 3 atom stereocenters. The minimum atomic E-state index is -0.838. The van der Waals surface area contributed by atoms with Gasteiger partial charge in [-0.2, -0.15) is 11.8 Å². The molecule has 0 radical (unpaired) electrons. The van der Waals surface area contributed by atoms with Gasteiger partial charge in [-0.05, 0) is 72.1 Å². The smallest absolute Gasteiger partial charge is 0.328 e. The van der Waals surface area contributed by atoms with Crippen LogP contribution in [0.5, 0.6) is 17.2 Å². The monoisotopic (exact) mass is 629 g/mol. The third kappa shape index (κ3) is 7.77. The first-order chi connectivity index (χ1) is 21.0. The Morgan fingerprint density at radius 2 is 1.73 bits per heavy atom. The zero-order valence-corrected chi connectivity index (χ0v) is 27.4. The van der Waals surface area contributed by atoms with Gasteiger partial charge in [0.2, 0.25) is 23.0 Å². The summed E-state index contributed by atoms with van der Waals surface area (Å²) < 4.78 is 22.0. The van der Waals surface area contributed by atoms with Crippen molar-refractivity contribution in [3.05, 3.63) is 45.6 Å². The van der Waals surface area contributed by atoms with Crippen molar-refractivity contribution in [2.24, 2.45) is 5.92 Å². The summed E-state index contributed by atoms with van der Waals surface area (Å²) >= 11 is 1.56. The van der Waals surface area contributed by atoms with E-state index >= 15 is 0 Å². The van der Waals surface area contributed by atoms with Gasteiger partial charge in [0.25, 0.3) is 0 Å². The van der Waals surface area contributed by atoms with E-state index in [2.05, 4.69) is 16.0 Å². The van der Waals surface area contributed by atoms with E-state index in [0.717, 1.165) is 11.1 Å². The van der Waals surface area contributed by atoms with Crippen LogP contribution in [0.15, 0.2) is 29.1 Å². The molecule has 0 saturated heterocycles. The predicted octanol–water partition coefficient (Wildman–Crippen LogP) is 3.71. The number of benzene rings is 1. The summed E-state index contributed by atoms with van der Waals surface area (Å²) in [5.41, 5.74) is 2.75. The molecule has 0 fully saturated rings. The highest BCUT2D eigenvalue weighted by atomic mass is 32.2. The maximum Gasteiger partial charge on any atom is 0.328 e. The summed E-state index contributed by atoms with van der Waals surface area (Å²) in [4.78, 5) is 51.8. The van der Waals surface area contributed by atoms with Gasteiger partial charge in [0.05, 0.1) is 40.2 Å². The van der Waals surface area contributed by atoms with E-state index < -0.39 is 30.0 Å². The van der Waals surface area contributed by atoms with Crippen LogP contribution in [0.25, 0.3) is 11.1 Å². The normalized spacial score (nSPS) is 15.1. The second-order valence-electron chi connectivity index (χ2n) is 10.8. The van der Waals surface area contributed by atoms with Gasteiger partial charge >= 0.3 is 5.97 Å². The molecule has 0 saturated carbocycles. The number of hydrogen-bond donors (Lipinski definition) is 3. The van der Waals surface area contributed by atoms with E-state index in [1.165, 1.54) is 34.3 Å². The van der Waals surface area contributed by atoms with E-state index in [1.54, 1.807) is 31.0 Å². The lowest BCUT2D eigenvalue weighted by atomic mass is 9.95. The van der Waals surface area contributed by atoms with E-state index in [4.69, 9.17) is 18.9 Å². The van der Waals surface area contributed by atoms with Gasteiger partial charge in [0.15, 0.2) is 11.5 Å². The first kappa shape index (κ1) is 34.6. The molecule has 12 heteroatoms. The van der Waals surface area contributed by atoms with Crippen LogP contribution in [-0.2, 0) is 25.5 Å². The Kier molecular flexibility index (Phi) is 12.3. The molecule has 3 rings (SSSR count). The van der Waals surface area contributed by atoms with Crippen LogP contribution in [0.3, 0.4) is 0 Å². The molecule has 3 N–H and O–H groups in total. The SMILES string of the molecule is COC(=O)[C@H](NC(=O)[C@@H](CCSC)Nc1ccc2c(cc1=O)[C@H](NC(C)=O)CCc1cc(OC)c(OC)c(OC)c1-2)C(C)C. The molecule has 0 heterocycles. The molecule has 0 aliphatic heterocycles. The molecule has 0 bridgehead atoms. The van der Waals surface area contributed by atoms with Crippen LogP contribution in [0.2, 0.25) is 0 Å². The topological polar surface area (TPSA) is 141 Å². The summed E-state index contributed by atoms with van der Waals surface area (Å²) in [5, 5.41) is 8.92. The van der Waals surface area contributed by atoms with E-state index in [9.17, 15) is 19.2 Å². The second kappa shape index (κ2) is 15.7. The van der Waals surface area contributed by atoms with Crippen LogP contribution >= 0.6 is 11.8 Å². The summed E-state index contributed by atoms with van der Waals surface area (Å²) in [7, 11) is 5.89. The van der Waals surface area contributed by atoms with E-state index in [-0.39, 0.29) is 22.9 Å². The van der Waals surface area contributed by atoms with Crippen molar-refractivity contribution in [3.63, 3.8) is 0 Å². The number of fused-ring (bicyclic) bond motifs is 3. The summed E-state index contributed by atoms with van der Waals surface area (Å²) in [6.45, 7) is 5.06. The number of methoxy groups -OCH3 is 4. The highest BCUT2D eigenvalue weighted by Crippen LogP contribution is 2.50. The van der Waals surface area contributed by atoms with Crippen molar-refractivity contribution >= 4 is 35.2 Å². The molecule has 2 aromatic carbocycles. The lowest BCUT2D eigenvalue weighted by Gasteiger charge is -2.24. The summed E-state index contributed by atoms with van der Waals surface area (Å²) in [6.07, 6.45) is 3.42. The van der Waals surface area contributed by atoms with Gasteiger partial charge in [-0.25, -0.2) is 4.79 Å². The lowest BCUT2D eigenvalue weighted by molar-refractivity contribution is -0.146. The maximum atomic E-state index is 13.8. The molecule has 0 unspecified atom stereocenters. The Bertz CT molecular complexity index is 1430. The van der Waals surface area contributed by atoms with Crippen LogP contribution in [0.1, 0.15) is 50.8 Å². The number of rotatable bonds is 13. The van der Waals surface area contributed by atoms with Crippen molar-refractivity contribution < 1.29 is 33.3 Å². The molecular weight excluding hydrogens is 586 g/mol. The van der Waals surface area contributed by atoms with Crippen LogP contribution < -0.4 is 35.6 Å². The largest absolute Gasteiger partial charge is 0.493 e. The molecule has 1 aliphatic carbocycles. The summed E-state index contributed by atoms with van der Waals surface area (Å²) in [6, 6.07) is 4.70. The molecule has 11 nitrogen and oxygen atoms in total. The van der Waals surface area contributed by atoms with Gasteiger partial charge < -0.3 is 34.9 Å². The fourth-order valence-electron chi connectivity index (χ4n) is 5.40. The highest BCUT2D eigenvalue weighted by molar-refractivity contribution is 7.98. The Morgan fingerprint density at radius 1 is 1.02 bits per heavy atom. The van der Waals surface area contributed by atoms with Gasteiger partial charge in [0, 0.05) is 12.5 Å². The summed E-state index contributed by atoms with van der Waals surface area (Å²) in [5.74, 6) is 0.591. The molecule has 2 aromatic rings. The number of carbonyl (C=O) groups excluding carboxylic acids is 3. The number of hydrogen-bond acceptors (Lipinski definition) is 10. The zero-order valence-electron chi connectivity index (χ0n) is 26.6. The Hall–Kier alpha value is -3.93. The Labute approximate surface area is 262 Å². The predicted molar refractivity (Wildman–Crippen MR) is 172 cm³/mol. The number of thioether (sulfide) groups is 1. The third-order valence-electron chi connectivity index (χ3n) is 7.59. The second-order valence-corrected chi connectivity index (χ2v) is 11.8. The van der Waals surface area contributed by atoms with Crippen molar-refractivity contribution in [1.29, 1.82) is 0 Å². The lowest BCUT2D eigenvalue weighted by Crippen LogP contribution is -2.50. The fraction of sp³-hybridized carbons (Fsp3) is 0.500. The van der Waals surface area contributed by atoms with Crippen molar-refractivity contribution in [2.45, 2.75) is 58.2 Å². The Morgan fingerprint density at radius 3 is 2.30 bits per heavy atom. The minimum Gasteiger partial charge on any atom is -0.493 e. The number of ether oxygens (including phenoxy) is 4. The fourth-order valence-corrected chi connectivity index (χ4v) is 5.87. The standard InChI is InChI=1S/C32H43N3O8S/c1-17(2)28(32(39)43-7)35-31(38)24(13-14-44-8)34-23-12-10-20-21(16-25(23)37)22(33-18(3)36)11-9-19-15-26(40-4)29(41-5)30(42-6)27(19)20/h10,12,15-17,22,24,28H,9,11,13-14H2,1-8H3,(H,33,36)(H,34,37)(H,35,38)/t22-,24-,28-/m1/s1. The number of anilines is 1. The number of esters is 1. The van der Waals surface area contributed by atoms with Crippen molar-refractivity contribution in [2.75, 3.05) is 45.8 Å². The minimum absolute atomic E-state index is 0.195. The van der Waals surface area contributed by atoms with Gasteiger partial charge in [-0.1, -0.05) is 19.9 Å². The zero-order chi connectivity index (χ0) is 32.6. The van der Waals surface area contributed by atoms with Crippen LogP contribution in [0, 0.1) is 5.92 Å². The van der Waals surface area contributed by atoms with Crippen LogP contribution in [0.4, 0.5) is 5.69 Å². The third-order valence-corrected chi connectivity index (χ3v) is 8.24. The van der Waals surface area contributed by atoms with Gasteiger partial charge in [-0.15, -0.1) is 0 Å². The van der Waals surface area contributed by atoms with Gasteiger partial charge in [0.1, 0.15) is 12.1 Å². The first-order valence-electron chi connectivity index (χ1n) is 14.4. The maximum absolute atomic E-state index is 13.8. The average molecular weight is 630 g/mol. The molecule has 0 aromatic heterocycles. The quantitative estimate of drug-likeness (QED) is 0.281. The molecule has 1 aliphatic rings. The number of nitrogens with one attached hydrogen (secondary N) is 3. The first-order valence-corrected chi connectivity index (χ1v) is 15.8. The van der Waals surface area contributed by atoms with Crippen molar-refractivity contribution in [1.82, 2.24) is 10.6 Å². The number of carbonyl (C=O) groups is 3. The van der Waals surface area contributed by atoms with Gasteiger partial charge in [-0.3, -0.25) is 14.4 Å². The highest BCUT2D eigenvalue weighted by Gasteiger charge is 2.31. The Balaban J connectivity index is 2.19. The molecule has 2 amide bonds. The molecule has 44 heavy (non-hydrogen) atoms. The van der Waals surface area contributed by atoms with Crippen molar-refractivity contribution in [3.8, 4) is 28.4 Å². The number of amides is 2.